The van der Waals surface area contributed by atoms with E-state index in [4.69, 9.17) is 27.9 Å². The Labute approximate surface area is 168 Å². The molecule has 0 spiro atoms. The Morgan fingerprint density at radius 2 is 1.74 bits per heavy atom. The first-order valence-corrected chi connectivity index (χ1v) is 10.2. The number of sulfonamides is 1. The highest BCUT2D eigenvalue weighted by atomic mass is 35.5. The van der Waals surface area contributed by atoms with Gasteiger partial charge in [0.1, 0.15) is 10.6 Å². The molecule has 0 atom stereocenters. The molecule has 0 heterocycles. The van der Waals surface area contributed by atoms with Gasteiger partial charge in [-0.05, 0) is 57.2 Å². The molecule has 0 fully saturated rings. The van der Waals surface area contributed by atoms with Crippen LogP contribution in [-0.4, -0.2) is 27.0 Å². The highest BCUT2D eigenvalue weighted by molar-refractivity contribution is 7.89. The van der Waals surface area contributed by atoms with E-state index in [0.717, 1.165) is 0 Å². The third-order valence-corrected chi connectivity index (χ3v) is 5.81. The molecule has 0 aliphatic carbocycles. The lowest BCUT2D eigenvalue weighted by Gasteiger charge is -2.21. The lowest BCUT2D eigenvalue weighted by Crippen LogP contribution is -2.40. The van der Waals surface area contributed by atoms with Gasteiger partial charge in [0.2, 0.25) is 10.0 Å². The number of rotatable bonds is 5. The second kappa shape index (κ2) is 8.06. The summed E-state index contributed by atoms with van der Waals surface area (Å²) in [6.07, 6.45) is 0. The van der Waals surface area contributed by atoms with E-state index in [0.29, 0.717) is 16.5 Å². The number of methoxy groups -OCH3 is 1. The minimum atomic E-state index is -3.90. The molecule has 2 rings (SSSR count). The van der Waals surface area contributed by atoms with Gasteiger partial charge in [-0.25, -0.2) is 13.1 Å². The molecule has 0 saturated heterocycles. The van der Waals surface area contributed by atoms with Gasteiger partial charge in [-0.15, -0.1) is 0 Å². The molecule has 2 aromatic carbocycles. The fourth-order valence-electron chi connectivity index (χ4n) is 2.28. The van der Waals surface area contributed by atoms with Crippen LogP contribution < -0.4 is 14.8 Å². The Hall–Kier alpha value is -1.80. The molecular weight excluding hydrogens is 411 g/mol. The zero-order chi connectivity index (χ0) is 20.4. The smallest absolute Gasteiger partial charge is 0.255 e. The summed E-state index contributed by atoms with van der Waals surface area (Å²) in [6.45, 7) is 5.13. The fraction of sp³-hybridized carbons (Fsp3) is 0.278. The first kappa shape index (κ1) is 21.5. The maximum Gasteiger partial charge on any atom is 0.255 e. The maximum atomic E-state index is 12.6. The van der Waals surface area contributed by atoms with Gasteiger partial charge in [-0.2, -0.15) is 0 Å². The lowest BCUT2D eigenvalue weighted by atomic mass is 10.1. The topological polar surface area (TPSA) is 84.5 Å². The van der Waals surface area contributed by atoms with E-state index in [2.05, 4.69) is 10.0 Å². The van der Waals surface area contributed by atoms with Crippen molar-refractivity contribution in [3.63, 3.8) is 0 Å². The highest BCUT2D eigenvalue weighted by Gasteiger charge is 2.25. The second-order valence-corrected chi connectivity index (χ2v) is 9.29. The van der Waals surface area contributed by atoms with Gasteiger partial charge in [0, 0.05) is 16.1 Å². The van der Waals surface area contributed by atoms with E-state index < -0.39 is 21.5 Å². The number of carbonyl (C=O) groups is 1. The van der Waals surface area contributed by atoms with E-state index >= 15 is 0 Å². The number of nitrogens with one attached hydrogen (secondary N) is 2. The van der Waals surface area contributed by atoms with Gasteiger partial charge in [0.15, 0.2) is 0 Å². The number of anilines is 1. The molecule has 2 aromatic rings. The molecule has 146 valence electrons. The first-order valence-electron chi connectivity index (χ1n) is 7.91. The quantitative estimate of drug-likeness (QED) is 0.738. The minimum absolute atomic E-state index is 0.0173. The molecular formula is C18H20Cl2N2O4S. The van der Waals surface area contributed by atoms with Crippen LogP contribution in [0.2, 0.25) is 10.0 Å². The minimum Gasteiger partial charge on any atom is -0.495 e. The van der Waals surface area contributed by atoms with E-state index in [1.165, 1.54) is 31.4 Å². The van der Waals surface area contributed by atoms with Gasteiger partial charge in [-0.1, -0.05) is 23.2 Å². The summed E-state index contributed by atoms with van der Waals surface area (Å²) in [7, 11) is -2.44. The number of benzene rings is 2. The summed E-state index contributed by atoms with van der Waals surface area (Å²) in [4.78, 5) is 12.4. The van der Waals surface area contributed by atoms with Crippen molar-refractivity contribution in [1.82, 2.24) is 4.72 Å². The van der Waals surface area contributed by atoms with Crippen LogP contribution in [-0.2, 0) is 10.0 Å². The van der Waals surface area contributed by atoms with Gasteiger partial charge in [0.25, 0.3) is 5.91 Å². The summed E-state index contributed by atoms with van der Waals surface area (Å²) in [5.41, 5.74) is -0.216. The summed E-state index contributed by atoms with van der Waals surface area (Å²) < 4.78 is 32.9. The first-order chi connectivity index (χ1) is 12.4. The molecule has 1 amide bonds. The molecule has 0 aliphatic rings. The molecule has 0 aromatic heterocycles. The summed E-state index contributed by atoms with van der Waals surface area (Å²) >= 11 is 12.0. The number of halogens is 2. The van der Waals surface area contributed by atoms with Crippen molar-refractivity contribution >= 4 is 44.8 Å². The number of hydrogen-bond acceptors (Lipinski definition) is 4. The highest BCUT2D eigenvalue weighted by Crippen LogP contribution is 2.29. The molecule has 0 radical (unpaired) electrons. The lowest BCUT2D eigenvalue weighted by molar-refractivity contribution is 0.102. The molecule has 0 unspecified atom stereocenters. The van der Waals surface area contributed by atoms with E-state index in [1.54, 1.807) is 32.9 Å². The Bertz CT molecular complexity index is 970. The predicted octanol–water partition coefficient (Wildman–Crippen LogP) is 4.33. The number of ether oxygens (including phenoxy) is 1. The van der Waals surface area contributed by atoms with E-state index in [9.17, 15) is 13.2 Å². The standard InChI is InChI=1S/C18H20Cl2N2O4S/c1-18(2,3)22-27(24,25)16-9-11(5-7-13(16)20)17(23)21-14-10-12(19)6-8-15(14)26-4/h5-10,22H,1-4H3,(H,21,23). The van der Waals surface area contributed by atoms with Crippen LogP contribution in [0.25, 0.3) is 0 Å². The Kier molecular flexibility index (Phi) is 6.42. The van der Waals surface area contributed by atoms with Crippen LogP contribution in [0.3, 0.4) is 0 Å². The molecule has 0 saturated carbocycles. The van der Waals surface area contributed by atoms with Gasteiger partial charge in [-0.3, -0.25) is 4.79 Å². The van der Waals surface area contributed by atoms with Gasteiger partial charge >= 0.3 is 0 Å². The zero-order valence-corrected chi connectivity index (χ0v) is 17.6. The van der Waals surface area contributed by atoms with E-state index in [-0.39, 0.29) is 15.5 Å². The number of hydrogen-bond donors (Lipinski definition) is 2. The van der Waals surface area contributed by atoms with Crippen LogP contribution >= 0.6 is 23.2 Å². The molecule has 9 heteroatoms. The van der Waals surface area contributed by atoms with Gasteiger partial charge < -0.3 is 10.1 Å². The third-order valence-electron chi connectivity index (χ3n) is 3.33. The zero-order valence-electron chi connectivity index (χ0n) is 15.3. The molecule has 2 N–H and O–H groups in total. The van der Waals surface area contributed by atoms with Crippen molar-refractivity contribution in [2.24, 2.45) is 0 Å². The average Bonchev–Trinajstić information content (AvgIpc) is 2.53. The largest absolute Gasteiger partial charge is 0.495 e. The van der Waals surface area contributed by atoms with Crippen molar-refractivity contribution in [2.75, 3.05) is 12.4 Å². The predicted molar refractivity (Wildman–Crippen MR) is 107 cm³/mol. The number of carbonyl (C=O) groups excluding carboxylic acids is 1. The Morgan fingerprint density at radius 3 is 2.33 bits per heavy atom. The normalized spacial score (nSPS) is 11.9. The summed E-state index contributed by atoms with van der Waals surface area (Å²) in [6, 6.07) is 8.80. The molecule has 27 heavy (non-hydrogen) atoms. The van der Waals surface area contributed by atoms with Gasteiger partial charge in [0.05, 0.1) is 17.8 Å². The maximum absolute atomic E-state index is 12.6. The van der Waals surface area contributed by atoms with E-state index in [1.807, 2.05) is 0 Å². The fourth-order valence-corrected chi connectivity index (χ4v) is 4.40. The van der Waals surface area contributed by atoms with Crippen LogP contribution in [0.5, 0.6) is 5.75 Å². The van der Waals surface area contributed by atoms with Crippen molar-refractivity contribution in [3.05, 3.63) is 52.0 Å². The summed E-state index contributed by atoms with van der Waals surface area (Å²) in [5, 5.41) is 3.09. The molecule has 6 nitrogen and oxygen atoms in total. The van der Waals surface area contributed by atoms with Crippen LogP contribution in [0.1, 0.15) is 31.1 Å². The van der Waals surface area contributed by atoms with Crippen LogP contribution in [0.15, 0.2) is 41.3 Å². The average molecular weight is 431 g/mol. The van der Waals surface area contributed by atoms with Crippen molar-refractivity contribution < 1.29 is 17.9 Å². The number of amides is 1. The SMILES string of the molecule is COc1ccc(Cl)cc1NC(=O)c1ccc(Cl)c(S(=O)(=O)NC(C)(C)C)c1. The van der Waals surface area contributed by atoms with Crippen molar-refractivity contribution in [2.45, 2.75) is 31.2 Å². The molecule has 0 aliphatic heterocycles. The Balaban J connectivity index is 2.38. The van der Waals surface area contributed by atoms with Crippen LogP contribution in [0.4, 0.5) is 5.69 Å². The van der Waals surface area contributed by atoms with Crippen LogP contribution in [0, 0.1) is 0 Å². The Morgan fingerprint density at radius 1 is 1.07 bits per heavy atom. The monoisotopic (exact) mass is 430 g/mol. The second-order valence-electron chi connectivity index (χ2n) is 6.80. The third kappa shape index (κ3) is 5.59. The summed E-state index contributed by atoms with van der Waals surface area (Å²) in [5.74, 6) is -0.108. The molecule has 0 bridgehead atoms. The van der Waals surface area contributed by atoms with Crippen molar-refractivity contribution in [1.29, 1.82) is 0 Å². The van der Waals surface area contributed by atoms with Crippen molar-refractivity contribution in [3.8, 4) is 5.75 Å².